The van der Waals surface area contributed by atoms with Gasteiger partial charge in [0.25, 0.3) is 0 Å². The van der Waals surface area contributed by atoms with E-state index in [1.165, 1.54) is 17.1 Å². The number of nitrogens with two attached hydrogens (primary N) is 1. The van der Waals surface area contributed by atoms with Gasteiger partial charge < -0.3 is 11.1 Å². The molecular weight excluding hydrogens is 336 g/mol. The first-order chi connectivity index (χ1) is 10.2. The lowest BCUT2D eigenvalue weighted by Gasteiger charge is -2.25. The lowest BCUT2D eigenvalue weighted by molar-refractivity contribution is -0.120. The molecule has 1 heterocycles. The fourth-order valence-corrected chi connectivity index (χ4v) is 5.86. The molecule has 0 radical (unpaired) electrons. The molecule has 3 rings (SSSR count). The lowest BCUT2D eigenvalue weighted by atomic mass is 9.85. The molecule has 1 aromatic rings. The molecule has 0 aromatic heterocycles. The van der Waals surface area contributed by atoms with Gasteiger partial charge in [-0.15, -0.1) is 35.9 Å². The zero-order chi connectivity index (χ0) is 14.7. The maximum atomic E-state index is 12.4. The zero-order valence-electron chi connectivity index (χ0n) is 12.5. The molecule has 122 valence electrons. The van der Waals surface area contributed by atoms with Gasteiger partial charge in [0.05, 0.1) is 4.58 Å². The highest BCUT2D eigenvalue weighted by molar-refractivity contribution is 8.19. The normalized spacial score (nSPS) is 25.5. The summed E-state index contributed by atoms with van der Waals surface area (Å²) in [6.07, 6.45) is 3.90. The van der Waals surface area contributed by atoms with Crippen LogP contribution in [0.5, 0.6) is 0 Å². The molecule has 1 aliphatic heterocycles. The first kappa shape index (κ1) is 18.0. The Morgan fingerprint density at radius 1 is 1.23 bits per heavy atom. The molecule has 1 saturated carbocycles. The van der Waals surface area contributed by atoms with E-state index in [1.54, 1.807) is 0 Å². The first-order valence-corrected chi connectivity index (χ1v) is 9.72. The first-order valence-electron chi connectivity index (χ1n) is 7.62. The molecule has 1 aromatic carbocycles. The largest absolute Gasteiger partial charge is 0.328 e. The molecular formula is C16H23ClN2OS2. The van der Waals surface area contributed by atoms with E-state index in [1.807, 2.05) is 35.7 Å². The van der Waals surface area contributed by atoms with Crippen LogP contribution in [0.3, 0.4) is 0 Å². The van der Waals surface area contributed by atoms with Crippen LogP contribution in [0.4, 0.5) is 5.69 Å². The van der Waals surface area contributed by atoms with E-state index in [0.29, 0.717) is 4.58 Å². The molecule has 1 saturated heterocycles. The third-order valence-corrected chi connectivity index (χ3v) is 7.24. The lowest BCUT2D eigenvalue weighted by Crippen LogP contribution is -2.34. The molecule has 3 N–H and O–H groups in total. The number of carbonyl (C=O) groups excluding carboxylic acids is 1. The van der Waals surface area contributed by atoms with Crippen molar-refractivity contribution in [1.82, 2.24) is 0 Å². The number of anilines is 1. The topological polar surface area (TPSA) is 55.1 Å². The smallest absolute Gasteiger partial charge is 0.227 e. The van der Waals surface area contributed by atoms with Crippen molar-refractivity contribution >= 4 is 47.5 Å². The number of rotatable bonds is 3. The highest BCUT2D eigenvalue weighted by Gasteiger charge is 2.25. The number of hydrogen-bond acceptors (Lipinski definition) is 4. The maximum Gasteiger partial charge on any atom is 0.227 e. The summed E-state index contributed by atoms with van der Waals surface area (Å²) < 4.78 is 0.518. The van der Waals surface area contributed by atoms with Crippen molar-refractivity contribution in [3.05, 3.63) is 29.8 Å². The summed E-state index contributed by atoms with van der Waals surface area (Å²) in [5.41, 5.74) is 8.20. The fraction of sp³-hybridized carbons (Fsp3) is 0.562. The molecule has 3 nitrogen and oxygen atoms in total. The van der Waals surface area contributed by atoms with Gasteiger partial charge in [-0.25, -0.2) is 0 Å². The predicted molar refractivity (Wildman–Crippen MR) is 99.9 cm³/mol. The molecule has 2 unspecified atom stereocenters. The van der Waals surface area contributed by atoms with Crippen LogP contribution in [-0.2, 0) is 4.79 Å². The molecule has 22 heavy (non-hydrogen) atoms. The summed E-state index contributed by atoms with van der Waals surface area (Å²) in [4.78, 5) is 12.4. The van der Waals surface area contributed by atoms with Crippen molar-refractivity contribution in [3.8, 4) is 0 Å². The second kappa shape index (κ2) is 8.48. The zero-order valence-corrected chi connectivity index (χ0v) is 14.9. The second-order valence-corrected chi connectivity index (χ2v) is 8.54. The molecule has 1 amide bonds. The number of benzene rings is 1. The molecule has 0 spiro atoms. The quantitative estimate of drug-likeness (QED) is 0.856. The van der Waals surface area contributed by atoms with Gasteiger partial charge in [-0.1, -0.05) is 18.6 Å². The van der Waals surface area contributed by atoms with Crippen LogP contribution in [0.1, 0.15) is 35.8 Å². The van der Waals surface area contributed by atoms with Gasteiger partial charge in [0.15, 0.2) is 0 Å². The van der Waals surface area contributed by atoms with Gasteiger partial charge in [0.1, 0.15) is 0 Å². The summed E-state index contributed by atoms with van der Waals surface area (Å²) in [7, 11) is 0. The van der Waals surface area contributed by atoms with Crippen molar-refractivity contribution in [2.75, 3.05) is 16.8 Å². The molecule has 2 fully saturated rings. The van der Waals surface area contributed by atoms with Gasteiger partial charge in [-0.05, 0) is 37.0 Å². The van der Waals surface area contributed by atoms with E-state index in [-0.39, 0.29) is 30.3 Å². The van der Waals surface area contributed by atoms with Gasteiger partial charge in [0, 0.05) is 29.2 Å². The van der Waals surface area contributed by atoms with Gasteiger partial charge in [-0.2, -0.15) is 0 Å². The van der Waals surface area contributed by atoms with E-state index < -0.39 is 0 Å². The Bertz CT molecular complexity index is 509. The maximum absolute atomic E-state index is 12.4. The van der Waals surface area contributed by atoms with Gasteiger partial charge in [0.2, 0.25) is 5.91 Å². The Kier molecular flexibility index (Phi) is 6.93. The minimum atomic E-state index is 0. The molecule has 2 atom stereocenters. The highest BCUT2D eigenvalue weighted by atomic mass is 35.5. The third-order valence-electron chi connectivity index (χ3n) is 4.13. The Morgan fingerprint density at radius 3 is 2.73 bits per heavy atom. The summed E-state index contributed by atoms with van der Waals surface area (Å²) in [6.45, 7) is 0. The van der Waals surface area contributed by atoms with Crippen molar-refractivity contribution < 1.29 is 4.79 Å². The van der Waals surface area contributed by atoms with E-state index in [9.17, 15) is 4.79 Å². The number of nitrogens with one attached hydrogen (secondary N) is 1. The Balaban J connectivity index is 0.00000176. The Hall–Kier alpha value is -0.360. The van der Waals surface area contributed by atoms with Crippen molar-refractivity contribution in [2.45, 2.75) is 36.3 Å². The summed E-state index contributed by atoms with van der Waals surface area (Å²) in [5.74, 6) is 2.64. The van der Waals surface area contributed by atoms with Crippen molar-refractivity contribution in [1.29, 1.82) is 0 Å². The Morgan fingerprint density at radius 2 is 2.00 bits per heavy atom. The van der Waals surface area contributed by atoms with Crippen LogP contribution >= 0.6 is 35.9 Å². The van der Waals surface area contributed by atoms with Crippen LogP contribution in [-0.4, -0.2) is 23.5 Å². The molecule has 6 heteroatoms. The number of halogens is 1. The van der Waals surface area contributed by atoms with Crippen LogP contribution in [0.2, 0.25) is 0 Å². The Labute approximate surface area is 147 Å². The SMILES string of the molecule is Cl.NC1CCCC(C(=O)Nc2cccc(C3SCCS3)c2)C1. The molecule has 0 bridgehead atoms. The van der Waals surface area contributed by atoms with Gasteiger partial charge in [-0.3, -0.25) is 4.79 Å². The minimum absolute atomic E-state index is 0. The number of carbonyl (C=O) groups is 1. The number of thioether (sulfide) groups is 2. The van der Waals surface area contributed by atoms with Crippen molar-refractivity contribution in [2.24, 2.45) is 11.7 Å². The van der Waals surface area contributed by atoms with E-state index >= 15 is 0 Å². The summed E-state index contributed by atoms with van der Waals surface area (Å²) >= 11 is 3.97. The van der Waals surface area contributed by atoms with Crippen LogP contribution in [0.15, 0.2) is 24.3 Å². The van der Waals surface area contributed by atoms with E-state index in [4.69, 9.17) is 5.73 Å². The average Bonchev–Trinajstić information content (AvgIpc) is 3.02. The molecule has 2 aliphatic rings. The third kappa shape index (κ3) is 4.57. The van der Waals surface area contributed by atoms with Crippen molar-refractivity contribution in [3.63, 3.8) is 0 Å². The van der Waals surface area contributed by atoms with E-state index in [0.717, 1.165) is 31.4 Å². The van der Waals surface area contributed by atoms with E-state index in [2.05, 4.69) is 17.4 Å². The summed E-state index contributed by atoms with van der Waals surface area (Å²) in [6, 6.07) is 8.48. The number of hydrogen-bond donors (Lipinski definition) is 2. The standard InChI is InChI=1S/C16H22N2OS2.ClH/c17-13-5-1-3-11(9-13)15(19)18-14-6-2-4-12(10-14)16-20-7-8-21-16;/h2,4,6,10-11,13,16H,1,3,5,7-9,17H2,(H,18,19);1H. The van der Waals surface area contributed by atoms with Gasteiger partial charge >= 0.3 is 0 Å². The monoisotopic (exact) mass is 358 g/mol. The summed E-state index contributed by atoms with van der Waals surface area (Å²) in [5, 5.41) is 3.08. The average molecular weight is 359 g/mol. The van der Waals surface area contributed by atoms with Crippen LogP contribution in [0, 0.1) is 5.92 Å². The fourth-order valence-electron chi connectivity index (χ4n) is 3.02. The van der Waals surface area contributed by atoms with Crippen LogP contribution < -0.4 is 11.1 Å². The second-order valence-electron chi connectivity index (χ2n) is 5.81. The highest BCUT2D eigenvalue weighted by Crippen LogP contribution is 2.45. The predicted octanol–water partition coefficient (Wildman–Crippen LogP) is 4.04. The molecule has 1 aliphatic carbocycles. The minimum Gasteiger partial charge on any atom is -0.328 e. The number of amides is 1. The van der Waals surface area contributed by atoms with Crippen LogP contribution in [0.25, 0.3) is 0 Å².